The molecule has 2 amide bonds. The van der Waals surface area contributed by atoms with Crippen LogP contribution in [-0.4, -0.2) is 42.2 Å². The van der Waals surface area contributed by atoms with Gasteiger partial charge in [-0.1, -0.05) is 19.1 Å². The van der Waals surface area contributed by atoms with Gasteiger partial charge in [0.2, 0.25) is 0 Å². The Morgan fingerprint density at radius 1 is 1.24 bits per heavy atom. The summed E-state index contributed by atoms with van der Waals surface area (Å²) >= 11 is 1.77. The van der Waals surface area contributed by atoms with Crippen LogP contribution in [0, 0.1) is 5.92 Å². The molecule has 0 aliphatic rings. The maximum absolute atomic E-state index is 11.6. The van der Waals surface area contributed by atoms with Crippen molar-refractivity contribution in [2.75, 3.05) is 25.1 Å². The zero-order valence-electron chi connectivity index (χ0n) is 12.4. The summed E-state index contributed by atoms with van der Waals surface area (Å²) in [5, 5.41) is 14.4. The Labute approximate surface area is 129 Å². The third kappa shape index (κ3) is 7.04. The van der Waals surface area contributed by atoms with Crippen LogP contribution in [0.2, 0.25) is 0 Å². The Kier molecular flexibility index (Phi) is 7.68. The van der Waals surface area contributed by atoms with Crippen molar-refractivity contribution in [3.63, 3.8) is 0 Å². The molecule has 0 aliphatic carbocycles. The highest BCUT2D eigenvalue weighted by atomic mass is 32.2. The molecule has 0 saturated heterocycles. The molecule has 0 saturated carbocycles. The lowest BCUT2D eigenvalue weighted by atomic mass is 10.1. The molecule has 5 nitrogen and oxygen atoms in total. The predicted octanol–water partition coefficient (Wildman–Crippen LogP) is 2.23. The van der Waals surface area contributed by atoms with E-state index >= 15 is 0 Å². The molecule has 116 valence electrons. The highest BCUT2D eigenvalue weighted by molar-refractivity contribution is 7.98. The molecule has 1 aromatic rings. The third-order valence-electron chi connectivity index (χ3n) is 2.96. The number of aromatic carboxylic acids is 1. The number of nitrogens with one attached hydrogen (secondary N) is 2. The van der Waals surface area contributed by atoms with Gasteiger partial charge in [-0.2, -0.15) is 11.8 Å². The second-order valence-corrected chi connectivity index (χ2v) is 5.86. The first-order valence-electron chi connectivity index (χ1n) is 6.85. The summed E-state index contributed by atoms with van der Waals surface area (Å²) in [5.41, 5.74) is 1.27. The molecule has 0 aromatic heterocycles. The Bertz CT molecular complexity index is 462. The number of carbonyl (C=O) groups excluding carboxylic acids is 1. The van der Waals surface area contributed by atoms with Gasteiger partial charge in [-0.25, -0.2) is 9.59 Å². The van der Waals surface area contributed by atoms with Crippen LogP contribution in [-0.2, 0) is 6.42 Å². The molecule has 1 unspecified atom stereocenters. The first-order chi connectivity index (χ1) is 10.0. The number of carboxylic acid groups (broad SMARTS) is 1. The van der Waals surface area contributed by atoms with Crippen molar-refractivity contribution in [2.45, 2.75) is 13.3 Å². The van der Waals surface area contributed by atoms with E-state index in [2.05, 4.69) is 17.6 Å². The first-order valence-corrected chi connectivity index (χ1v) is 8.25. The van der Waals surface area contributed by atoms with Gasteiger partial charge in [-0.3, -0.25) is 0 Å². The molecule has 0 bridgehead atoms. The van der Waals surface area contributed by atoms with Gasteiger partial charge in [0.15, 0.2) is 0 Å². The molecule has 1 atom stereocenters. The average Bonchev–Trinajstić information content (AvgIpc) is 2.46. The lowest BCUT2D eigenvalue weighted by molar-refractivity contribution is 0.0697. The van der Waals surface area contributed by atoms with E-state index in [1.54, 1.807) is 36.0 Å². The third-order valence-corrected chi connectivity index (χ3v) is 3.86. The van der Waals surface area contributed by atoms with Crippen LogP contribution in [0.5, 0.6) is 0 Å². The van der Waals surface area contributed by atoms with Gasteiger partial charge in [-0.05, 0) is 42.0 Å². The largest absolute Gasteiger partial charge is 0.478 e. The van der Waals surface area contributed by atoms with Crippen molar-refractivity contribution < 1.29 is 14.7 Å². The average molecular weight is 310 g/mol. The fraction of sp³-hybridized carbons (Fsp3) is 0.467. The van der Waals surface area contributed by atoms with E-state index in [1.165, 1.54) is 0 Å². The summed E-state index contributed by atoms with van der Waals surface area (Å²) in [6.45, 7) is 3.29. The van der Waals surface area contributed by atoms with Crippen molar-refractivity contribution in [3.05, 3.63) is 35.4 Å². The van der Waals surface area contributed by atoms with E-state index in [9.17, 15) is 9.59 Å². The van der Waals surface area contributed by atoms with E-state index in [0.717, 1.165) is 11.3 Å². The van der Waals surface area contributed by atoms with Gasteiger partial charge < -0.3 is 15.7 Å². The Morgan fingerprint density at radius 2 is 1.90 bits per heavy atom. The van der Waals surface area contributed by atoms with Gasteiger partial charge in [0, 0.05) is 13.1 Å². The predicted molar refractivity (Wildman–Crippen MR) is 86.1 cm³/mol. The van der Waals surface area contributed by atoms with Crippen molar-refractivity contribution in [3.8, 4) is 0 Å². The molecule has 0 fully saturated rings. The van der Waals surface area contributed by atoms with Crippen molar-refractivity contribution in [1.82, 2.24) is 10.6 Å². The minimum atomic E-state index is -0.932. The van der Waals surface area contributed by atoms with Crippen LogP contribution in [0.1, 0.15) is 22.8 Å². The zero-order valence-corrected chi connectivity index (χ0v) is 13.2. The van der Waals surface area contributed by atoms with Crippen molar-refractivity contribution >= 4 is 23.8 Å². The van der Waals surface area contributed by atoms with Crippen LogP contribution >= 0.6 is 11.8 Å². The van der Waals surface area contributed by atoms with Crippen LogP contribution in [0.15, 0.2) is 24.3 Å². The molecule has 0 radical (unpaired) electrons. The molecule has 6 heteroatoms. The second kappa shape index (κ2) is 9.28. The van der Waals surface area contributed by atoms with Gasteiger partial charge >= 0.3 is 12.0 Å². The quantitative estimate of drug-likeness (QED) is 0.688. The van der Waals surface area contributed by atoms with E-state index in [0.29, 0.717) is 25.4 Å². The number of hydrogen-bond acceptors (Lipinski definition) is 3. The summed E-state index contributed by atoms with van der Waals surface area (Å²) in [5.74, 6) is 0.545. The lowest BCUT2D eigenvalue weighted by Crippen LogP contribution is -2.39. The fourth-order valence-corrected chi connectivity index (χ4v) is 2.49. The zero-order chi connectivity index (χ0) is 15.7. The molecular formula is C15H22N2O3S. The maximum atomic E-state index is 11.6. The van der Waals surface area contributed by atoms with E-state index in [-0.39, 0.29) is 11.6 Å². The van der Waals surface area contributed by atoms with E-state index in [1.807, 2.05) is 6.26 Å². The SMILES string of the molecule is CSCC(C)CNC(=O)NCCc1ccc(C(=O)O)cc1. The number of benzene rings is 1. The number of thioether (sulfide) groups is 1. The summed E-state index contributed by atoms with van der Waals surface area (Å²) in [6, 6.07) is 6.52. The highest BCUT2D eigenvalue weighted by Gasteiger charge is 2.05. The lowest BCUT2D eigenvalue weighted by Gasteiger charge is -2.12. The standard InChI is InChI=1S/C15H22N2O3S/c1-11(10-21-2)9-17-15(20)16-8-7-12-3-5-13(6-4-12)14(18)19/h3-6,11H,7-10H2,1-2H3,(H,18,19)(H2,16,17,20). The summed E-state index contributed by atoms with van der Waals surface area (Å²) in [6.07, 6.45) is 2.72. The molecule has 1 aromatic carbocycles. The molecule has 0 aliphatic heterocycles. The number of carbonyl (C=O) groups is 2. The fourth-order valence-electron chi connectivity index (χ4n) is 1.81. The summed E-state index contributed by atoms with van der Waals surface area (Å²) < 4.78 is 0. The second-order valence-electron chi connectivity index (χ2n) is 4.95. The molecular weight excluding hydrogens is 288 g/mol. The van der Waals surface area contributed by atoms with E-state index in [4.69, 9.17) is 5.11 Å². The Morgan fingerprint density at radius 3 is 2.48 bits per heavy atom. The van der Waals surface area contributed by atoms with Gasteiger partial charge in [0.05, 0.1) is 5.56 Å². The number of urea groups is 1. The molecule has 3 N–H and O–H groups in total. The maximum Gasteiger partial charge on any atom is 0.335 e. The highest BCUT2D eigenvalue weighted by Crippen LogP contribution is 2.05. The normalized spacial score (nSPS) is 11.7. The molecule has 0 spiro atoms. The minimum absolute atomic E-state index is 0.162. The van der Waals surface area contributed by atoms with Crippen molar-refractivity contribution in [1.29, 1.82) is 0 Å². The molecule has 21 heavy (non-hydrogen) atoms. The van der Waals surface area contributed by atoms with Gasteiger partial charge in [0.1, 0.15) is 0 Å². The smallest absolute Gasteiger partial charge is 0.335 e. The van der Waals surface area contributed by atoms with Crippen LogP contribution < -0.4 is 10.6 Å². The van der Waals surface area contributed by atoms with Crippen LogP contribution in [0.3, 0.4) is 0 Å². The number of carboxylic acids is 1. The monoisotopic (exact) mass is 310 g/mol. The Hall–Kier alpha value is -1.69. The summed E-state index contributed by atoms with van der Waals surface area (Å²) in [4.78, 5) is 22.3. The van der Waals surface area contributed by atoms with Crippen LogP contribution in [0.25, 0.3) is 0 Å². The van der Waals surface area contributed by atoms with Gasteiger partial charge in [0.25, 0.3) is 0 Å². The van der Waals surface area contributed by atoms with Crippen LogP contribution in [0.4, 0.5) is 4.79 Å². The molecule has 1 rings (SSSR count). The van der Waals surface area contributed by atoms with E-state index < -0.39 is 5.97 Å². The number of hydrogen-bond donors (Lipinski definition) is 3. The topological polar surface area (TPSA) is 78.4 Å². The number of rotatable bonds is 8. The minimum Gasteiger partial charge on any atom is -0.478 e. The van der Waals surface area contributed by atoms with Crippen molar-refractivity contribution in [2.24, 2.45) is 5.92 Å². The van der Waals surface area contributed by atoms with Gasteiger partial charge in [-0.15, -0.1) is 0 Å². The molecule has 0 heterocycles. The Balaban J connectivity index is 2.23. The summed E-state index contributed by atoms with van der Waals surface area (Å²) in [7, 11) is 0. The first kappa shape index (κ1) is 17.4. The number of amides is 2.